The quantitative estimate of drug-likeness (QED) is 0.875. The van der Waals surface area contributed by atoms with Crippen molar-refractivity contribution in [3.8, 4) is 0 Å². The van der Waals surface area contributed by atoms with E-state index in [-0.39, 0.29) is 17.1 Å². The number of anilines is 1. The zero-order valence-electron chi connectivity index (χ0n) is 9.72. The first kappa shape index (κ1) is 12.6. The molecule has 1 amide bonds. The highest BCUT2D eigenvalue weighted by atomic mass is 79.9. The number of benzene rings is 1. The summed E-state index contributed by atoms with van der Waals surface area (Å²) in [6, 6.07) is 4.63. The Bertz CT molecular complexity index is 441. The summed E-state index contributed by atoms with van der Waals surface area (Å²) < 4.78 is 13.7. The molecule has 0 unspecified atom stereocenters. The number of hydrogen-bond donors (Lipinski definition) is 1. The predicted molar refractivity (Wildman–Crippen MR) is 69.3 cm³/mol. The molecule has 0 radical (unpaired) electrons. The Kier molecular flexibility index (Phi) is 3.52. The van der Waals surface area contributed by atoms with Crippen molar-refractivity contribution in [2.75, 3.05) is 5.32 Å². The smallest absolute Gasteiger partial charge is 0.230 e. The van der Waals surface area contributed by atoms with Crippen molar-refractivity contribution in [3.05, 3.63) is 28.5 Å². The molecule has 0 bridgehead atoms. The van der Waals surface area contributed by atoms with Crippen molar-refractivity contribution in [3.63, 3.8) is 0 Å². The third kappa shape index (κ3) is 2.68. The Morgan fingerprint density at radius 2 is 2.06 bits per heavy atom. The van der Waals surface area contributed by atoms with Gasteiger partial charge in [-0.1, -0.05) is 19.8 Å². The van der Waals surface area contributed by atoms with E-state index in [1.807, 2.05) is 6.92 Å². The molecule has 1 fully saturated rings. The van der Waals surface area contributed by atoms with E-state index in [2.05, 4.69) is 21.2 Å². The van der Waals surface area contributed by atoms with Crippen molar-refractivity contribution in [2.24, 2.45) is 5.41 Å². The Morgan fingerprint density at radius 3 is 2.65 bits per heavy atom. The van der Waals surface area contributed by atoms with Gasteiger partial charge in [-0.05, 0) is 47.0 Å². The fraction of sp³-hybridized carbons (Fsp3) is 0.462. The normalized spacial score (nSPS) is 18.1. The Balaban J connectivity index is 2.10. The lowest BCUT2D eigenvalue weighted by Gasteiger charge is -2.22. The van der Waals surface area contributed by atoms with Crippen LogP contribution in [0.15, 0.2) is 22.7 Å². The van der Waals surface area contributed by atoms with Crippen molar-refractivity contribution < 1.29 is 9.18 Å². The highest BCUT2D eigenvalue weighted by molar-refractivity contribution is 9.10. The Hall–Kier alpha value is -0.900. The summed E-state index contributed by atoms with van der Waals surface area (Å²) in [5, 5.41) is 2.79. The lowest BCUT2D eigenvalue weighted by molar-refractivity contribution is -0.124. The van der Waals surface area contributed by atoms with Crippen molar-refractivity contribution in [2.45, 2.75) is 32.6 Å². The largest absolute Gasteiger partial charge is 0.326 e. The molecule has 2 nitrogen and oxygen atoms in total. The molecule has 1 N–H and O–H groups in total. The van der Waals surface area contributed by atoms with Gasteiger partial charge >= 0.3 is 0 Å². The minimum atomic E-state index is -0.362. The molecule has 1 saturated carbocycles. The fourth-order valence-corrected chi connectivity index (χ4v) is 2.48. The van der Waals surface area contributed by atoms with Crippen LogP contribution in [0.4, 0.5) is 10.1 Å². The molecule has 0 saturated heterocycles. The summed E-state index contributed by atoms with van der Waals surface area (Å²) in [6.07, 6.45) is 4.02. The van der Waals surface area contributed by atoms with Crippen LogP contribution in [0.1, 0.15) is 32.6 Å². The minimum Gasteiger partial charge on any atom is -0.326 e. The predicted octanol–water partition coefficient (Wildman–Crippen LogP) is 4.11. The highest BCUT2D eigenvalue weighted by Crippen LogP contribution is 2.38. The summed E-state index contributed by atoms with van der Waals surface area (Å²) in [5.41, 5.74) is 0.229. The van der Waals surface area contributed by atoms with Crippen LogP contribution in [0.25, 0.3) is 0 Å². The average molecular weight is 300 g/mol. The molecule has 0 atom stereocenters. The van der Waals surface area contributed by atoms with E-state index < -0.39 is 0 Å². The summed E-state index contributed by atoms with van der Waals surface area (Å²) >= 11 is 3.08. The van der Waals surface area contributed by atoms with Gasteiger partial charge in [0.1, 0.15) is 5.82 Å². The second kappa shape index (κ2) is 4.77. The van der Waals surface area contributed by atoms with Gasteiger partial charge in [-0.2, -0.15) is 0 Å². The molecule has 2 rings (SSSR count). The summed E-state index contributed by atoms with van der Waals surface area (Å²) in [7, 11) is 0. The topological polar surface area (TPSA) is 29.1 Å². The van der Waals surface area contributed by atoms with E-state index in [1.165, 1.54) is 6.07 Å². The maximum Gasteiger partial charge on any atom is 0.230 e. The molecule has 1 aliphatic carbocycles. The van der Waals surface area contributed by atoms with Gasteiger partial charge in [0.2, 0.25) is 5.91 Å². The van der Waals surface area contributed by atoms with E-state index in [4.69, 9.17) is 0 Å². The van der Waals surface area contributed by atoms with Gasteiger partial charge in [0.15, 0.2) is 0 Å². The van der Waals surface area contributed by atoms with Crippen LogP contribution >= 0.6 is 15.9 Å². The molecule has 1 aromatic rings. The number of amides is 1. The van der Waals surface area contributed by atoms with Crippen molar-refractivity contribution in [1.82, 2.24) is 0 Å². The van der Waals surface area contributed by atoms with Crippen LogP contribution < -0.4 is 5.32 Å². The second-order valence-corrected chi connectivity index (χ2v) is 5.71. The molecule has 0 spiro atoms. The van der Waals surface area contributed by atoms with Crippen molar-refractivity contribution >= 4 is 27.5 Å². The molecule has 1 aliphatic rings. The number of carbonyl (C=O) groups excluding carboxylic acids is 1. The van der Waals surface area contributed by atoms with Gasteiger partial charge in [-0.15, -0.1) is 0 Å². The van der Waals surface area contributed by atoms with E-state index >= 15 is 0 Å². The van der Waals surface area contributed by atoms with E-state index in [9.17, 15) is 9.18 Å². The van der Waals surface area contributed by atoms with E-state index in [0.29, 0.717) is 10.2 Å². The number of hydrogen-bond acceptors (Lipinski definition) is 1. The monoisotopic (exact) mass is 299 g/mol. The van der Waals surface area contributed by atoms with E-state index in [1.54, 1.807) is 12.1 Å². The second-order valence-electron chi connectivity index (χ2n) is 4.85. The fourth-order valence-electron chi connectivity index (χ4n) is 2.24. The maximum atomic E-state index is 13.3. The number of rotatable bonds is 2. The van der Waals surface area contributed by atoms with Crippen LogP contribution in [0, 0.1) is 11.2 Å². The molecule has 0 heterocycles. The number of carbonyl (C=O) groups is 1. The van der Waals surface area contributed by atoms with Crippen LogP contribution in [-0.2, 0) is 4.79 Å². The SMILES string of the molecule is CC1(C(=O)Nc2ccc(Br)c(F)c2)CCCC1. The zero-order chi connectivity index (χ0) is 12.5. The molecule has 4 heteroatoms. The average Bonchev–Trinajstić information content (AvgIpc) is 2.72. The lowest BCUT2D eigenvalue weighted by atomic mass is 9.88. The molecular formula is C13H15BrFNO. The zero-order valence-corrected chi connectivity index (χ0v) is 11.3. The van der Waals surface area contributed by atoms with Gasteiger partial charge in [-0.25, -0.2) is 4.39 Å². The third-order valence-corrected chi connectivity index (χ3v) is 4.08. The van der Waals surface area contributed by atoms with Gasteiger partial charge < -0.3 is 5.32 Å². The Labute approximate surface area is 109 Å². The van der Waals surface area contributed by atoms with Gasteiger partial charge in [0.25, 0.3) is 0 Å². The third-order valence-electron chi connectivity index (χ3n) is 3.43. The van der Waals surface area contributed by atoms with Crippen LogP contribution in [-0.4, -0.2) is 5.91 Å². The summed E-state index contributed by atoms with van der Waals surface area (Å²) in [5.74, 6) is -0.365. The molecule has 17 heavy (non-hydrogen) atoms. The molecule has 0 aromatic heterocycles. The molecule has 1 aromatic carbocycles. The maximum absolute atomic E-state index is 13.3. The first-order valence-corrected chi connectivity index (χ1v) is 6.57. The molecular weight excluding hydrogens is 285 g/mol. The van der Waals surface area contributed by atoms with Crippen LogP contribution in [0.3, 0.4) is 0 Å². The standard InChI is InChI=1S/C13H15BrFNO/c1-13(6-2-3-7-13)12(17)16-9-4-5-10(14)11(15)8-9/h4-5,8H,2-3,6-7H2,1H3,(H,16,17). The van der Waals surface area contributed by atoms with Gasteiger partial charge in [-0.3, -0.25) is 4.79 Å². The number of nitrogens with one attached hydrogen (secondary N) is 1. The first-order valence-electron chi connectivity index (χ1n) is 5.78. The minimum absolute atomic E-state index is 0.00303. The van der Waals surface area contributed by atoms with E-state index in [0.717, 1.165) is 25.7 Å². The van der Waals surface area contributed by atoms with Crippen LogP contribution in [0.2, 0.25) is 0 Å². The first-order chi connectivity index (χ1) is 8.01. The lowest BCUT2D eigenvalue weighted by Crippen LogP contribution is -2.30. The highest BCUT2D eigenvalue weighted by Gasteiger charge is 2.36. The van der Waals surface area contributed by atoms with Gasteiger partial charge in [0, 0.05) is 11.1 Å². The van der Waals surface area contributed by atoms with Gasteiger partial charge in [0.05, 0.1) is 4.47 Å². The Morgan fingerprint density at radius 1 is 1.41 bits per heavy atom. The van der Waals surface area contributed by atoms with Crippen molar-refractivity contribution in [1.29, 1.82) is 0 Å². The summed E-state index contributed by atoms with van der Waals surface area (Å²) in [4.78, 5) is 12.1. The summed E-state index contributed by atoms with van der Waals surface area (Å²) in [6.45, 7) is 1.98. The molecule has 92 valence electrons. The molecule has 0 aliphatic heterocycles. The number of halogens is 2. The van der Waals surface area contributed by atoms with Crippen LogP contribution in [0.5, 0.6) is 0 Å².